The van der Waals surface area contributed by atoms with E-state index in [-0.39, 0.29) is 5.91 Å². The van der Waals surface area contributed by atoms with Gasteiger partial charge in [0.25, 0.3) is 0 Å². The van der Waals surface area contributed by atoms with Crippen LogP contribution in [0.2, 0.25) is 0 Å². The highest BCUT2D eigenvalue weighted by atomic mass is 16.5. The van der Waals surface area contributed by atoms with Gasteiger partial charge in [-0.05, 0) is 20.3 Å². The lowest BCUT2D eigenvalue weighted by Gasteiger charge is -2.10. The maximum absolute atomic E-state index is 11.5. The monoisotopic (exact) mass is 226 g/mol. The Kier molecular flexibility index (Phi) is 4.98. The van der Waals surface area contributed by atoms with Gasteiger partial charge in [-0.3, -0.25) is 4.79 Å². The SMILES string of the molecule is CCO[C@H](C)C(=O)NCc1cc(CC)no1. The number of nitrogens with zero attached hydrogens (tertiary/aromatic N) is 1. The van der Waals surface area contributed by atoms with Crippen molar-refractivity contribution in [2.75, 3.05) is 6.61 Å². The number of ether oxygens (including phenoxy) is 1. The zero-order valence-corrected chi connectivity index (χ0v) is 9.95. The molecule has 0 bridgehead atoms. The zero-order chi connectivity index (χ0) is 12.0. The van der Waals surface area contributed by atoms with Gasteiger partial charge in [-0.25, -0.2) is 0 Å². The predicted octanol–water partition coefficient (Wildman–Crippen LogP) is 1.28. The zero-order valence-electron chi connectivity index (χ0n) is 9.95. The van der Waals surface area contributed by atoms with Crippen molar-refractivity contribution in [3.8, 4) is 0 Å². The van der Waals surface area contributed by atoms with E-state index in [9.17, 15) is 4.79 Å². The molecular formula is C11H18N2O3. The molecule has 1 heterocycles. The van der Waals surface area contributed by atoms with Crippen molar-refractivity contribution in [1.29, 1.82) is 0 Å². The standard InChI is InChI=1S/C11H18N2O3/c1-4-9-6-10(16-13-9)7-12-11(14)8(3)15-5-2/h6,8H,4-5,7H2,1-3H3,(H,12,14)/t8-/m1/s1. The van der Waals surface area contributed by atoms with Gasteiger partial charge in [0.1, 0.15) is 6.10 Å². The molecule has 90 valence electrons. The molecule has 0 saturated carbocycles. The molecule has 0 aliphatic heterocycles. The number of aromatic nitrogens is 1. The Bertz CT molecular complexity index is 336. The number of carbonyl (C=O) groups is 1. The topological polar surface area (TPSA) is 64.4 Å². The van der Waals surface area contributed by atoms with Gasteiger partial charge in [0, 0.05) is 12.7 Å². The third-order valence-electron chi connectivity index (χ3n) is 2.19. The molecule has 1 aromatic heterocycles. The number of rotatable bonds is 6. The fourth-order valence-electron chi connectivity index (χ4n) is 1.25. The van der Waals surface area contributed by atoms with Crippen LogP contribution >= 0.6 is 0 Å². The third-order valence-corrected chi connectivity index (χ3v) is 2.19. The highest BCUT2D eigenvalue weighted by molar-refractivity contribution is 5.80. The van der Waals surface area contributed by atoms with E-state index in [1.165, 1.54) is 0 Å². The average molecular weight is 226 g/mol. The van der Waals surface area contributed by atoms with E-state index in [1.54, 1.807) is 6.92 Å². The van der Waals surface area contributed by atoms with Crippen LogP contribution in [-0.2, 0) is 22.5 Å². The number of hydrogen-bond donors (Lipinski definition) is 1. The van der Waals surface area contributed by atoms with Crippen LogP contribution in [0.3, 0.4) is 0 Å². The van der Waals surface area contributed by atoms with Gasteiger partial charge in [0.05, 0.1) is 12.2 Å². The summed E-state index contributed by atoms with van der Waals surface area (Å²) in [6.45, 7) is 6.45. The van der Waals surface area contributed by atoms with Gasteiger partial charge < -0.3 is 14.6 Å². The van der Waals surface area contributed by atoms with Crippen LogP contribution in [0.1, 0.15) is 32.2 Å². The molecule has 0 aromatic carbocycles. The van der Waals surface area contributed by atoms with Gasteiger partial charge in [0.2, 0.25) is 5.91 Å². The van der Waals surface area contributed by atoms with E-state index in [2.05, 4.69) is 10.5 Å². The molecule has 0 saturated heterocycles. The minimum Gasteiger partial charge on any atom is -0.369 e. The molecule has 0 fully saturated rings. The summed E-state index contributed by atoms with van der Waals surface area (Å²) < 4.78 is 10.2. The first kappa shape index (κ1) is 12.7. The highest BCUT2D eigenvalue weighted by Gasteiger charge is 2.12. The highest BCUT2D eigenvalue weighted by Crippen LogP contribution is 2.03. The van der Waals surface area contributed by atoms with E-state index in [1.807, 2.05) is 19.9 Å². The van der Waals surface area contributed by atoms with Crippen LogP contribution in [0.15, 0.2) is 10.6 Å². The number of carbonyl (C=O) groups excluding carboxylic acids is 1. The van der Waals surface area contributed by atoms with Crippen molar-refractivity contribution < 1.29 is 14.1 Å². The van der Waals surface area contributed by atoms with E-state index in [0.29, 0.717) is 18.9 Å². The molecule has 16 heavy (non-hydrogen) atoms. The molecule has 5 nitrogen and oxygen atoms in total. The van der Waals surface area contributed by atoms with Crippen molar-refractivity contribution in [3.63, 3.8) is 0 Å². The molecule has 0 spiro atoms. The Morgan fingerprint density at radius 2 is 2.38 bits per heavy atom. The lowest BCUT2D eigenvalue weighted by Crippen LogP contribution is -2.33. The summed E-state index contributed by atoms with van der Waals surface area (Å²) in [7, 11) is 0. The van der Waals surface area contributed by atoms with Crippen molar-refractivity contribution in [2.24, 2.45) is 0 Å². The van der Waals surface area contributed by atoms with Crippen molar-refractivity contribution in [1.82, 2.24) is 10.5 Å². The first-order chi connectivity index (χ1) is 7.67. The second-order valence-corrected chi connectivity index (χ2v) is 3.45. The van der Waals surface area contributed by atoms with E-state index < -0.39 is 6.10 Å². The van der Waals surface area contributed by atoms with Gasteiger partial charge in [-0.15, -0.1) is 0 Å². The fourth-order valence-corrected chi connectivity index (χ4v) is 1.25. The summed E-state index contributed by atoms with van der Waals surface area (Å²) in [5, 5.41) is 6.56. The second-order valence-electron chi connectivity index (χ2n) is 3.45. The smallest absolute Gasteiger partial charge is 0.249 e. The first-order valence-electron chi connectivity index (χ1n) is 5.51. The van der Waals surface area contributed by atoms with Crippen LogP contribution in [-0.4, -0.2) is 23.8 Å². The molecule has 0 aliphatic rings. The lowest BCUT2D eigenvalue weighted by atomic mass is 10.3. The maximum atomic E-state index is 11.5. The molecule has 1 aromatic rings. The van der Waals surface area contributed by atoms with Gasteiger partial charge >= 0.3 is 0 Å². The van der Waals surface area contributed by atoms with Crippen LogP contribution in [0, 0.1) is 0 Å². The van der Waals surface area contributed by atoms with E-state index >= 15 is 0 Å². The van der Waals surface area contributed by atoms with Crippen LogP contribution in [0.5, 0.6) is 0 Å². The molecule has 1 rings (SSSR count). The van der Waals surface area contributed by atoms with Crippen LogP contribution < -0.4 is 5.32 Å². The molecule has 1 amide bonds. The summed E-state index contributed by atoms with van der Waals surface area (Å²) in [6, 6.07) is 1.84. The van der Waals surface area contributed by atoms with Gasteiger partial charge in [-0.2, -0.15) is 0 Å². The Hall–Kier alpha value is -1.36. The first-order valence-corrected chi connectivity index (χ1v) is 5.51. The van der Waals surface area contributed by atoms with E-state index in [0.717, 1.165) is 12.1 Å². The third kappa shape index (κ3) is 3.66. The number of aryl methyl sites for hydroxylation is 1. The Morgan fingerprint density at radius 3 is 2.94 bits per heavy atom. The summed E-state index contributed by atoms with van der Waals surface area (Å²) >= 11 is 0. The number of nitrogens with one attached hydrogen (secondary N) is 1. The summed E-state index contributed by atoms with van der Waals surface area (Å²) in [5.41, 5.74) is 0.891. The summed E-state index contributed by atoms with van der Waals surface area (Å²) in [6.07, 6.45) is 0.394. The van der Waals surface area contributed by atoms with Crippen molar-refractivity contribution in [3.05, 3.63) is 17.5 Å². The summed E-state index contributed by atoms with van der Waals surface area (Å²) in [5.74, 6) is 0.519. The van der Waals surface area contributed by atoms with Crippen molar-refractivity contribution >= 4 is 5.91 Å². The predicted molar refractivity (Wildman–Crippen MR) is 58.8 cm³/mol. The van der Waals surface area contributed by atoms with E-state index in [4.69, 9.17) is 9.26 Å². The Labute approximate surface area is 95.1 Å². The molecule has 1 atom stereocenters. The number of amides is 1. The van der Waals surface area contributed by atoms with Crippen molar-refractivity contribution in [2.45, 2.75) is 39.8 Å². The molecule has 1 N–H and O–H groups in total. The summed E-state index contributed by atoms with van der Waals surface area (Å²) in [4.78, 5) is 11.5. The van der Waals surface area contributed by atoms with Crippen LogP contribution in [0.4, 0.5) is 0 Å². The number of hydrogen-bond acceptors (Lipinski definition) is 4. The Morgan fingerprint density at radius 1 is 1.62 bits per heavy atom. The quantitative estimate of drug-likeness (QED) is 0.793. The molecule has 0 radical (unpaired) electrons. The maximum Gasteiger partial charge on any atom is 0.249 e. The average Bonchev–Trinajstić information content (AvgIpc) is 2.74. The minimum absolute atomic E-state index is 0.142. The largest absolute Gasteiger partial charge is 0.369 e. The van der Waals surface area contributed by atoms with Crippen LogP contribution in [0.25, 0.3) is 0 Å². The second kappa shape index (κ2) is 6.27. The molecule has 0 aliphatic carbocycles. The fraction of sp³-hybridized carbons (Fsp3) is 0.636. The Balaban J connectivity index is 2.36. The normalized spacial score (nSPS) is 12.4. The minimum atomic E-state index is -0.432. The van der Waals surface area contributed by atoms with Gasteiger partial charge in [-0.1, -0.05) is 12.1 Å². The molecular weight excluding hydrogens is 208 g/mol. The van der Waals surface area contributed by atoms with Gasteiger partial charge in [0.15, 0.2) is 5.76 Å². The molecule has 0 unspecified atom stereocenters. The lowest BCUT2D eigenvalue weighted by molar-refractivity contribution is -0.131. The molecule has 5 heteroatoms.